The van der Waals surface area contributed by atoms with Gasteiger partial charge in [0.1, 0.15) is 5.75 Å². The molecule has 1 saturated carbocycles. The van der Waals surface area contributed by atoms with Crippen molar-refractivity contribution in [3.8, 4) is 5.75 Å². The lowest BCUT2D eigenvalue weighted by atomic mass is 9.78. The van der Waals surface area contributed by atoms with Gasteiger partial charge in [-0.05, 0) is 49.9 Å². The zero-order chi connectivity index (χ0) is 21.2. The highest BCUT2D eigenvalue weighted by molar-refractivity contribution is 5.86. The second kappa shape index (κ2) is 8.34. The Labute approximate surface area is 165 Å². The summed E-state index contributed by atoms with van der Waals surface area (Å²) in [5.41, 5.74) is 2.22. The van der Waals surface area contributed by atoms with Crippen molar-refractivity contribution in [1.82, 2.24) is 10.3 Å². The largest absolute Gasteiger partial charge is 0.573 e. The molecule has 2 atom stereocenters. The van der Waals surface area contributed by atoms with E-state index in [1.165, 1.54) is 18.2 Å². The summed E-state index contributed by atoms with van der Waals surface area (Å²) < 4.78 is 41.4. The Kier molecular flexibility index (Phi) is 6.04. The number of aliphatic carboxylic acids is 1. The van der Waals surface area contributed by atoms with Gasteiger partial charge in [-0.25, -0.2) is 0 Å². The van der Waals surface area contributed by atoms with Crippen LogP contribution in [-0.4, -0.2) is 29.8 Å². The van der Waals surface area contributed by atoms with Gasteiger partial charge in [0.2, 0.25) is 5.91 Å². The lowest BCUT2D eigenvalue weighted by molar-refractivity contribution is -0.314. The summed E-state index contributed by atoms with van der Waals surface area (Å²) in [6, 6.07) is 4.06. The molecule has 1 aliphatic carbocycles. The highest BCUT2D eigenvalue weighted by atomic mass is 19.4. The number of carbonyl (C=O) groups is 2. The Morgan fingerprint density at radius 1 is 1.24 bits per heavy atom. The molecule has 1 heterocycles. The number of hydrogen-bond donors (Lipinski definition) is 2. The number of aryl methyl sites for hydroxylation is 1. The average Bonchev–Trinajstić information content (AvgIpc) is 2.95. The van der Waals surface area contributed by atoms with Crippen LogP contribution in [0.3, 0.4) is 0 Å². The van der Waals surface area contributed by atoms with E-state index in [1.54, 1.807) is 6.92 Å². The SMILES string of the molecule is Cc1[nH]c2ccc(OC(F)(F)F)cc2c1CCNC(=O)[C@@H]1CCCC[C@H]1C(=O)[O-]. The minimum Gasteiger partial charge on any atom is -0.550 e. The van der Waals surface area contributed by atoms with Gasteiger partial charge in [0.25, 0.3) is 0 Å². The molecular weight excluding hydrogens is 389 g/mol. The summed E-state index contributed by atoms with van der Waals surface area (Å²) >= 11 is 0. The second-order valence-electron chi connectivity index (χ2n) is 7.34. The molecule has 1 aromatic carbocycles. The third-order valence-corrected chi connectivity index (χ3v) is 5.40. The molecule has 158 valence electrons. The van der Waals surface area contributed by atoms with Crippen molar-refractivity contribution in [3.05, 3.63) is 29.5 Å². The number of amides is 1. The molecule has 0 bridgehead atoms. The summed E-state index contributed by atoms with van der Waals surface area (Å²) in [5.74, 6) is -3.22. The maximum atomic E-state index is 12.5. The van der Waals surface area contributed by atoms with Gasteiger partial charge >= 0.3 is 6.36 Å². The number of aromatic amines is 1. The molecule has 2 N–H and O–H groups in total. The molecule has 29 heavy (non-hydrogen) atoms. The number of benzene rings is 1. The Morgan fingerprint density at radius 2 is 1.93 bits per heavy atom. The van der Waals surface area contributed by atoms with Crippen molar-refractivity contribution in [2.45, 2.75) is 45.4 Å². The van der Waals surface area contributed by atoms with E-state index in [-0.39, 0.29) is 18.2 Å². The topological polar surface area (TPSA) is 94.2 Å². The van der Waals surface area contributed by atoms with Gasteiger partial charge in [0, 0.05) is 40.9 Å². The molecule has 0 spiro atoms. The van der Waals surface area contributed by atoms with Crippen LogP contribution in [0.2, 0.25) is 0 Å². The van der Waals surface area contributed by atoms with E-state index in [0.29, 0.717) is 30.2 Å². The van der Waals surface area contributed by atoms with E-state index in [0.717, 1.165) is 24.1 Å². The molecule has 0 saturated heterocycles. The number of alkyl halides is 3. The Hall–Kier alpha value is -2.71. The normalized spacial score (nSPS) is 19.9. The zero-order valence-corrected chi connectivity index (χ0v) is 15.9. The smallest absolute Gasteiger partial charge is 0.550 e. The second-order valence-corrected chi connectivity index (χ2v) is 7.34. The summed E-state index contributed by atoms with van der Waals surface area (Å²) in [4.78, 5) is 26.8. The van der Waals surface area contributed by atoms with Gasteiger partial charge in [0.15, 0.2) is 0 Å². The van der Waals surface area contributed by atoms with Crippen molar-refractivity contribution in [2.24, 2.45) is 11.8 Å². The molecule has 1 amide bonds. The lowest BCUT2D eigenvalue weighted by Gasteiger charge is -2.31. The van der Waals surface area contributed by atoms with Crippen molar-refractivity contribution >= 4 is 22.8 Å². The van der Waals surface area contributed by atoms with E-state index >= 15 is 0 Å². The van der Waals surface area contributed by atoms with E-state index < -0.39 is 24.2 Å². The molecule has 6 nitrogen and oxygen atoms in total. The standard InChI is InChI=1S/C20H23F3N2O4/c1-11-13(16-10-12(29-20(21,22)23)6-7-17(16)25-11)8-9-24-18(26)14-4-2-3-5-15(14)19(27)28/h6-7,10,14-15,25H,2-5,8-9H2,1H3,(H,24,26)(H,27,28)/p-1/t14-,15-/m1/s1. The first kappa shape index (κ1) is 21.0. The highest BCUT2D eigenvalue weighted by Gasteiger charge is 2.32. The number of aromatic nitrogens is 1. The average molecular weight is 411 g/mol. The third kappa shape index (κ3) is 5.02. The first-order valence-electron chi connectivity index (χ1n) is 9.51. The number of ether oxygens (including phenoxy) is 1. The predicted molar refractivity (Wildman–Crippen MR) is 96.9 cm³/mol. The van der Waals surface area contributed by atoms with Crippen LogP contribution in [0.15, 0.2) is 18.2 Å². The number of hydrogen-bond acceptors (Lipinski definition) is 4. The minimum absolute atomic E-state index is 0.243. The molecule has 0 unspecified atom stereocenters. The van der Waals surface area contributed by atoms with Crippen molar-refractivity contribution in [2.75, 3.05) is 6.54 Å². The van der Waals surface area contributed by atoms with Crippen LogP contribution in [-0.2, 0) is 16.0 Å². The highest BCUT2D eigenvalue weighted by Crippen LogP contribution is 2.31. The maximum absolute atomic E-state index is 12.5. The van der Waals surface area contributed by atoms with Gasteiger partial charge in [-0.3, -0.25) is 4.79 Å². The number of halogens is 3. The van der Waals surface area contributed by atoms with Gasteiger partial charge < -0.3 is 24.9 Å². The van der Waals surface area contributed by atoms with E-state index in [9.17, 15) is 27.9 Å². The summed E-state index contributed by atoms with van der Waals surface area (Å²) in [6.45, 7) is 2.04. The van der Waals surface area contributed by atoms with Crippen LogP contribution >= 0.6 is 0 Å². The van der Waals surface area contributed by atoms with Crippen molar-refractivity contribution in [3.63, 3.8) is 0 Å². The first-order valence-corrected chi connectivity index (χ1v) is 9.51. The van der Waals surface area contributed by atoms with Crippen LogP contribution in [0.4, 0.5) is 13.2 Å². The molecule has 0 radical (unpaired) electrons. The summed E-state index contributed by atoms with van der Waals surface area (Å²) in [6.07, 6.45) is -1.89. The lowest BCUT2D eigenvalue weighted by Crippen LogP contribution is -2.44. The fourth-order valence-electron chi connectivity index (χ4n) is 4.05. The number of nitrogens with one attached hydrogen (secondary N) is 2. The number of fused-ring (bicyclic) bond motifs is 1. The molecule has 9 heteroatoms. The molecule has 2 aromatic rings. The Balaban J connectivity index is 1.68. The van der Waals surface area contributed by atoms with Crippen LogP contribution < -0.4 is 15.2 Å². The fourth-order valence-corrected chi connectivity index (χ4v) is 4.05. The minimum atomic E-state index is -4.78. The van der Waals surface area contributed by atoms with Gasteiger partial charge in [-0.15, -0.1) is 13.2 Å². The maximum Gasteiger partial charge on any atom is 0.573 e. The number of carbonyl (C=O) groups excluding carboxylic acids is 2. The van der Waals surface area contributed by atoms with E-state index in [2.05, 4.69) is 15.0 Å². The summed E-state index contributed by atoms with van der Waals surface area (Å²) in [5, 5.41) is 14.6. The van der Waals surface area contributed by atoms with Crippen LogP contribution in [0.5, 0.6) is 5.75 Å². The monoisotopic (exact) mass is 411 g/mol. The predicted octanol–water partition coefficient (Wildman–Crippen LogP) is 2.59. The number of carboxylic acids is 1. The number of carboxylic acid groups (broad SMARTS) is 1. The molecule has 0 aliphatic heterocycles. The molecule has 1 aliphatic rings. The Bertz CT molecular complexity index is 907. The van der Waals surface area contributed by atoms with E-state index in [4.69, 9.17) is 0 Å². The molecule has 3 rings (SSSR count). The summed E-state index contributed by atoms with van der Waals surface area (Å²) in [7, 11) is 0. The van der Waals surface area contributed by atoms with Crippen LogP contribution in [0.1, 0.15) is 36.9 Å². The van der Waals surface area contributed by atoms with Crippen LogP contribution in [0.25, 0.3) is 10.9 Å². The zero-order valence-electron chi connectivity index (χ0n) is 15.9. The molecule has 1 aromatic heterocycles. The molecule has 1 fully saturated rings. The van der Waals surface area contributed by atoms with Gasteiger partial charge in [-0.1, -0.05) is 12.8 Å². The molecular formula is C20H22F3N2O4-. The first-order chi connectivity index (χ1) is 13.7. The number of rotatable bonds is 6. The van der Waals surface area contributed by atoms with Crippen LogP contribution in [0, 0.1) is 18.8 Å². The Morgan fingerprint density at radius 3 is 2.59 bits per heavy atom. The van der Waals surface area contributed by atoms with Crippen molar-refractivity contribution in [1.29, 1.82) is 0 Å². The van der Waals surface area contributed by atoms with Gasteiger partial charge in [-0.2, -0.15) is 0 Å². The number of H-pyrrole nitrogens is 1. The third-order valence-electron chi connectivity index (χ3n) is 5.40. The van der Waals surface area contributed by atoms with Gasteiger partial charge in [0.05, 0.1) is 0 Å². The van der Waals surface area contributed by atoms with Crippen molar-refractivity contribution < 1.29 is 32.6 Å². The fraction of sp³-hybridized carbons (Fsp3) is 0.500. The quantitative estimate of drug-likeness (QED) is 0.764. The van der Waals surface area contributed by atoms with E-state index in [1.807, 2.05) is 0 Å².